The Morgan fingerprint density at radius 1 is 1.09 bits per heavy atom. The highest BCUT2D eigenvalue weighted by Gasteiger charge is 2.49. The van der Waals surface area contributed by atoms with Crippen molar-refractivity contribution >= 4 is 52.9 Å². The van der Waals surface area contributed by atoms with E-state index in [9.17, 15) is 32.8 Å². The van der Waals surface area contributed by atoms with Gasteiger partial charge in [-0.25, -0.2) is 18.4 Å². The van der Waals surface area contributed by atoms with E-state index in [0.29, 0.717) is 34.8 Å². The molecule has 2 atom stereocenters. The van der Waals surface area contributed by atoms with Crippen molar-refractivity contribution in [2.45, 2.75) is 36.8 Å². The average molecular weight is 620 g/mol. The fourth-order valence-corrected chi connectivity index (χ4v) is 5.58. The molecule has 5 amide bonds. The number of nitrogens with one attached hydrogen (secondary N) is 3. The Kier molecular flexibility index (Phi) is 8.14. The second-order valence-electron chi connectivity index (χ2n) is 10.6. The highest BCUT2D eigenvalue weighted by Crippen LogP contribution is 2.43. The summed E-state index contributed by atoms with van der Waals surface area (Å²) in [6, 6.07) is 9.16. The third-order valence-corrected chi connectivity index (χ3v) is 7.76. The Balaban J connectivity index is 1.37. The summed E-state index contributed by atoms with van der Waals surface area (Å²) >= 11 is 6.23. The summed E-state index contributed by atoms with van der Waals surface area (Å²) in [6.07, 6.45) is -1.15. The Labute approximate surface area is 249 Å². The molecule has 2 fully saturated rings. The lowest BCUT2D eigenvalue weighted by Crippen LogP contribution is -2.61. The Morgan fingerprint density at radius 3 is 2.49 bits per heavy atom. The molecule has 1 spiro atoms. The van der Waals surface area contributed by atoms with Gasteiger partial charge in [0.2, 0.25) is 11.8 Å². The van der Waals surface area contributed by atoms with Crippen molar-refractivity contribution in [1.29, 1.82) is 0 Å². The number of halogens is 3. The van der Waals surface area contributed by atoms with Gasteiger partial charge >= 0.3 is 12.2 Å². The third kappa shape index (κ3) is 6.48. The number of hydrogen-bond donors (Lipinski definition) is 3. The van der Waals surface area contributed by atoms with Crippen LogP contribution in [0.4, 0.5) is 29.7 Å². The molecule has 0 saturated carbocycles. The van der Waals surface area contributed by atoms with Gasteiger partial charge in [-0.05, 0) is 55.3 Å². The fraction of sp³-hybridized carbons (Fsp3) is 0.393. The molecule has 3 aliphatic rings. The predicted octanol–water partition coefficient (Wildman–Crippen LogP) is 3.56. The number of anilines is 2. The number of hydrogen-bond acceptors (Lipinski definition) is 7. The maximum Gasteiger partial charge on any atom is 0.412 e. The summed E-state index contributed by atoms with van der Waals surface area (Å²) in [5.74, 6) is -5.08. The van der Waals surface area contributed by atoms with Crippen LogP contribution in [-0.4, -0.2) is 85.0 Å². The van der Waals surface area contributed by atoms with E-state index in [0.717, 1.165) is 4.90 Å². The molecule has 15 heteroatoms. The van der Waals surface area contributed by atoms with E-state index in [2.05, 4.69) is 20.7 Å². The molecule has 12 nitrogen and oxygen atoms in total. The zero-order chi connectivity index (χ0) is 30.9. The summed E-state index contributed by atoms with van der Waals surface area (Å²) in [7, 11) is 1.20. The van der Waals surface area contributed by atoms with Crippen molar-refractivity contribution < 1.29 is 42.2 Å². The van der Waals surface area contributed by atoms with Crippen LogP contribution in [0, 0.1) is 0 Å². The van der Waals surface area contributed by atoms with Gasteiger partial charge in [0.25, 0.3) is 11.8 Å². The van der Waals surface area contributed by atoms with Gasteiger partial charge in [-0.15, -0.1) is 0 Å². The first-order valence-corrected chi connectivity index (χ1v) is 13.8. The number of benzene rings is 2. The molecular weight excluding hydrogens is 592 g/mol. The summed E-state index contributed by atoms with van der Waals surface area (Å²) < 4.78 is 37.2. The lowest BCUT2D eigenvalue weighted by atomic mass is 9.83. The molecular formula is C28H28ClF2N5O7. The molecule has 2 aromatic rings. The number of fused-ring (bicyclic) bond motifs is 2. The lowest BCUT2D eigenvalue weighted by molar-refractivity contribution is -0.167. The van der Waals surface area contributed by atoms with Crippen molar-refractivity contribution in [2.75, 3.05) is 43.9 Å². The zero-order valence-electron chi connectivity index (χ0n) is 23.0. The summed E-state index contributed by atoms with van der Waals surface area (Å²) in [4.78, 5) is 66.1. The topological polar surface area (TPSA) is 146 Å². The molecule has 43 heavy (non-hydrogen) atoms. The molecule has 0 radical (unpaired) electrons. The SMILES string of the molecule is COC(=O)Nc1ccc(C(=O)N[C@@H](CC(=O)N2CC(F)(F)C2)C(=O)N2CCC[C@@]3(C2)OC(=O)Nc2ccc(Cl)cc23)cc1. The van der Waals surface area contributed by atoms with Gasteiger partial charge in [0.15, 0.2) is 5.60 Å². The molecule has 228 valence electrons. The van der Waals surface area contributed by atoms with E-state index < -0.39 is 67.0 Å². The van der Waals surface area contributed by atoms with Crippen LogP contribution in [-0.2, 0) is 24.7 Å². The Bertz CT molecular complexity index is 1470. The standard InChI is InChI=1S/C28H28ClF2N5O7/c1-42-25(40)32-18-6-3-16(4-7-18)23(38)33-21(12-22(37)36-14-28(30,31)15-36)24(39)35-10-2-9-27(13-35)19-11-17(29)5-8-20(19)34-26(41)43-27/h3-8,11,21H,2,9-10,12-15H2,1H3,(H,32,40)(H,33,38)(H,34,41)/t21-,27-/m0/s1. The monoisotopic (exact) mass is 619 g/mol. The summed E-state index contributed by atoms with van der Waals surface area (Å²) in [5, 5.41) is 8.04. The quantitative estimate of drug-likeness (QED) is 0.448. The number of nitrogens with zero attached hydrogens (tertiary/aromatic N) is 2. The van der Waals surface area contributed by atoms with Gasteiger partial charge in [-0.3, -0.25) is 25.0 Å². The number of amides is 5. The van der Waals surface area contributed by atoms with E-state index >= 15 is 0 Å². The second-order valence-corrected chi connectivity index (χ2v) is 11.0. The van der Waals surface area contributed by atoms with Crippen molar-refractivity contribution in [3.05, 3.63) is 58.6 Å². The van der Waals surface area contributed by atoms with Gasteiger partial charge in [-0.1, -0.05) is 11.6 Å². The Morgan fingerprint density at radius 2 is 1.81 bits per heavy atom. The number of methoxy groups -OCH3 is 1. The maximum absolute atomic E-state index is 13.9. The largest absolute Gasteiger partial charge is 0.453 e. The number of piperidine rings is 1. The Hall–Kier alpha value is -4.46. The van der Waals surface area contributed by atoms with Crippen molar-refractivity contribution in [3.63, 3.8) is 0 Å². The first-order valence-electron chi connectivity index (χ1n) is 13.4. The van der Waals surface area contributed by atoms with Gasteiger partial charge in [0.1, 0.15) is 6.04 Å². The third-order valence-electron chi connectivity index (χ3n) is 7.52. The smallest absolute Gasteiger partial charge is 0.412 e. The highest BCUT2D eigenvalue weighted by molar-refractivity contribution is 6.30. The van der Waals surface area contributed by atoms with Crippen LogP contribution in [0.3, 0.4) is 0 Å². The molecule has 3 aliphatic heterocycles. The molecule has 5 rings (SSSR count). The minimum atomic E-state index is -3.01. The molecule has 0 bridgehead atoms. The van der Waals surface area contributed by atoms with E-state index in [-0.39, 0.29) is 18.7 Å². The second kappa shape index (κ2) is 11.7. The van der Waals surface area contributed by atoms with E-state index in [1.807, 2.05) is 0 Å². The van der Waals surface area contributed by atoms with Crippen LogP contribution in [0.5, 0.6) is 0 Å². The number of carbonyl (C=O) groups is 5. The number of alkyl halides is 2. The van der Waals surface area contributed by atoms with Crippen molar-refractivity contribution in [3.8, 4) is 0 Å². The van der Waals surface area contributed by atoms with E-state index in [4.69, 9.17) is 16.3 Å². The summed E-state index contributed by atoms with van der Waals surface area (Å²) in [6.45, 7) is -1.40. The van der Waals surface area contributed by atoms with Crippen molar-refractivity contribution in [1.82, 2.24) is 15.1 Å². The van der Waals surface area contributed by atoms with Crippen LogP contribution in [0.2, 0.25) is 5.02 Å². The van der Waals surface area contributed by atoms with Crippen LogP contribution < -0.4 is 16.0 Å². The van der Waals surface area contributed by atoms with Gasteiger partial charge in [-0.2, -0.15) is 0 Å². The van der Waals surface area contributed by atoms with Gasteiger partial charge in [0.05, 0.1) is 38.9 Å². The summed E-state index contributed by atoms with van der Waals surface area (Å²) in [5.41, 5.74) is 0.301. The highest BCUT2D eigenvalue weighted by atomic mass is 35.5. The minimum Gasteiger partial charge on any atom is -0.453 e. The van der Waals surface area contributed by atoms with E-state index in [1.54, 1.807) is 18.2 Å². The maximum atomic E-state index is 13.9. The van der Waals surface area contributed by atoms with Gasteiger partial charge in [0, 0.05) is 28.4 Å². The zero-order valence-corrected chi connectivity index (χ0v) is 23.7. The minimum absolute atomic E-state index is 0.0805. The number of rotatable bonds is 6. The molecule has 0 aromatic heterocycles. The molecule has 2 aromatic carbocycles. The number of carbonyl (C=O) groups excluding carboxylic acids is 5. The molecule has 3 heterocycles. The van der Waals surface area contributed by atoms with Crippen LogP contribution in [0.1, 0.15) is 35.2 Å². The van der Waals surface area contributed by atoms with Crippen LogP contribution in [0.25, 0.3) is 0 Å². The molecule has 0 unspecified atom stereocenters. The average Bonchev–Trinajstić information content (AvgIpc) is 2.95. The van der Waals surface area contributed by atoms with E-state index in [1.165, 1.54) is 36.3 Å². The van der Waals surface area contributed by atoms with Crippen molar-refractivity contribution in [2.24, 2.45) is 0 Å². The van der Waals surface area contributed by atoms with Crippen LogP contribution in [0.15, 0.2) is 42.5 Å². The number of likely N-dealkylation sites (tertiary alicyclic amines) is 2. The lowest BCUT2D eigenvalue weighted by Gasteiger charge is -2.46. The predicted molar refractivity (Wildman–Crippen MR) is 149 cm³/mol. The fourth-order valence-electron chi connectivity index (χ4n) is 5.41. The molecule has 0 aliphatic carbocycles. The van der Waals surface area contributed by atoms with Crippen LogP contribution >= 0.6 is 11.6 Å². The first-order chi connectivity index (χ1) is 20.4. The number of ether oxygens (including phenoxy) is 2. The first kappa shape index (κ1) is 30.0. The molecule has 2 saturated heterocycles. The normalized spacial score (nSPS) is 21.0. The molecule has 3 N–H and O–H groups in total. The van der Waals surface area contributed by atoms with Gasteiger partial charge < -0.3 is 24.6 Å².